The van der Waals surface area contributed by atoms with Crippen molar-refractivity contribution in [3.63, 3.8) is 0 Å². The standard InChI is InChI=1S/C33H39ClN4O4/c1-41-28-11-7-24(8-12-28)32-30(15-16-31(39)38(32)26-9-13-29(42-2)14-10-26)33(40)35-17-4-18-36-19-21-37(22-20-36)27-6-3-5-25(34)23-27/h3,5-14,23,30,32H,4,15-22H2,1-2H3,(H,35,40)/t30-,32+/m1/s1. The van der Waals surface area contributed by atoms with Crippen molar-refractivity contribution in [1.82, 2.24) is 10.2 Å². The summed E-state index contributed by atoms with van der Waals surface area (Å²) in [4.78, 5) is 33.5. The quantitative estimate of drug-likeness (QED) is 0.329. The highest BCUT2D eigenvalue weighted by Crippen LogP contribution is 2.41. The first-order valence-corrected chi connectivity index (χ1v) is 15.0. The summed E-state index contributed by atoms with van der Waals surface area (Å²) in [5.74, 6) is 1.05. The Morgan fingerprint density at radius 1 is 0.905 bits per heavy atom. The van der Waals surface area contributed by atoms with Crippen molar-refractivity contribution in [2.75, 3.05) is 63.3 Å². The summed E-state index contributed by atoms with van der Waals surface area (Å²) < 4.78 is 10.7. The molecule has 0 spiro atoms. The first-order chi connectivity index (χ1) is 20.5. The van der Waals surface area contributed by atoms with E-state index >= 15 is 0 Å². The minimum absolute atomic E-state index is 0.00181. The molecule has 0 aliphatic carbocycles. The molecule has 8 nitrogen and oxygen atoms in total. The number of hydrogen-bond acceptors (Lipinski definition) is 6. The molecule has 1 N–H and O–H groups in total. The number of carbonyl (C=O) groups is 2. The molecule has 0 bridgehead atoms. The highest BCUT2D eigenvalue weighted by Gasteiger charge is 2.41. The number of piperidine rings is 1. The van der Waals surface area contributed by atoms with Crippen molar-refractivity contribution in [2.24, 2.45) is 5.92 Å². The summed E-state index contributed by atoms with van der Waals surface area (Å²) >= 11 is 6.17. The zero-order valence-corrected chi connectivity index (χ0v) is 25.1. The molecular weight excluding hydrogens is 552 g/mol. The van der Waals surface area contributed by atoms with E-state index in [0.29, 0.717) is 25.1 Å². The molecule has 2 aliphatic heterocycles. The number of methoxy groups -OCH3 is 2. The molecule has 2 heterocycles. The third kappa shape index (κ3) is 6.99. The van der Waals surface area contributed by atoms with Crippen LogP contribution in [0.25, 0.3) is 0 Å². The van der Waals surface area contributed by atoms with Gasteiger partial charge in [0.25, 0.3) is 0 Å². The lowest BCUT2D eigenvalue weighted by atomic mass is 9.83. The summed E-state index contributed by atoms with van der Waals surface area (Å²) in [6, 6.07) is 22.7. The second-order valence-corrected chi connectivity index (χ2v) is 11.2. The summed E-state index contributed by atoms with van der Waals surface area (Å²) in [7, 11) is 3.24. The average Bonchev–Trinajstić information content (AvgIpc) is 3.03. The summed E-state index contributed by atoms with van der Waals surface area (Å²) in [6.07, 6.45) is 1.68. The highest BCUT2D eigenvalue weighted by atomic mass is 35.5. The fraction of sp³-hybridized carbons (Fsp3) is 0.394. The van der Waals surface area contributed by atoms with Crippen molar-refractivity contribution < 1.29 is 19.1 Å². The molecule has 3 aromatic carbocycles. The van der Waals surface area contributed by atoms with Gasteiger partial charge in [-0.1, -0.05) is 29.8 Å². The zero-order chi connectivity index (χ0) is 29.5. The smallest absolute Gasteiger partial charge is 0.227 e. The second kappa shape index (κ2) is 13.9. The molecular formula is C33H39ClN4O4. The van der Waals surface area contributed by atoms with E-state index < -0.39 is 6.04 Å². The van der Waals surface area contributed by atoms with Gasteiger partial charge in [0.15, 0.2) is 0 Å². The molecule has 9 heteroatoms. The van der Waals surface area contributed by atoms with Crippen LogP contribution in [-0.2, 0) is 9.59 Å². The van der Waals surface area contributed by atoms with Crippen LogP contribution in [-0.4, -0.2) is 70.2 Å². The molecule has 42 heavy (non-hydrogen) atoms. The molecule has 222 valence electrons. The molecule has 2 aliphatic rings. The lowest BCUT2D eigenvalue weighted by molar-refractivity contribution is -0.129. The van der Waals surface area contributed by atoms with Gasteiger partial charge in [-0.3, -0.25) is 14.5 Å². The number of hydrogen-bond donors (Lipinski definition) is 1. The van der Waals surface area contributed by atoms with Gasteiger partial charge >= 0.3 is 0 Å². The Hall–Kier alpha value is -3.75. The first-order valence-electron chi connectivity index (χ1n) is 14.6. The number of carbonyl (C=O) groups excluding carboxylic acids is 2. The number of benzene rings is 3. The third-order valence-electron chi connectivity index (χ3n) is 8.24. The van der Waals surface area contributed by atoms with Gasteiger partial charge in [0.1, 0.15) is 11.5 Å². The minimum atomic E-state index is -0.426. The van der Waals surface area contributed by atoms with E-state index in [2.05, 4.69) is 21.2 Å². The summed E-state index contributed by atoms with van der Waals surface area (Å²) in [5.41, 5.74) is 2.81. The molecule has 0 radical (unpaired) electrons. The Labute approximate surface area is 253 Å². The number of nitrogens with one attached hydrogen (secondary N) is 1. The fourth-order valence-corrected chi connectivity index (χ4v) is 6.13. The van der Waals surface area contributed by atoms with E-state index in [1.807, 2.05) is 66.7 Å². The highest BCUT2D eigenvalue weighted by molar-refractivity contribution is 6.30. The molecule has 0 saturated carbocycles. The Kier molecular flexibility index (Phi) is 9.87. The van der Waals surface area contributed by atoms with Crippen molar-refractivity contribution >= 4 is 34.8 Å². The Morgan fingerprint density at radius 2 is 1.57 bits per heavy atom. The van der Waals surface area contributed by atoms with E-state index in [-0.39, 0.29) is 17.7 Å². The predicted molar refractivity (Wildman–Crippen MR) is 167 cm³/mol. The minimum Gasteiger partial charge on any atom is -0.497 e. The van der Waals surface area contributed by atoms with Gasteiger partial charge in [-0.15, -0.1) is 0 Å². The van der Waals surface area contributed by atoms with Gasteiger partial charge in [0, 0.05) is 55.5 Å². The van der Waals surface area contributed by atoms with Crippen LogP contribution >= 0.6 is 11.6 Å². The lowest BCUT2D eigenvalue weighted by Crippen LogP contribution is -2.49. The Balaban J connectivity index is 1.21. The van der Waals surface area contributed by atoms with Gasteiger partial charge in [-0.2, -0.15) is 0 Å². The van der Waals surface area contributed by atoms with Crippen LogP contribution in [0.15, 0.2) is 72.8 Å². The van der Waals surface area contributed by atoms with Gasteiger partial charge in [0.05, 0.1) is 26.2 Å². The molecule has 2 amide bonds. The maximum absolute atomic E-state index is 13.6. The van der Waals surface area contributed by atoms with Crippen LogP contribution in [0.3, 0.4) is 0 Å². The average molecular weight is 591 g/mol. The largest absolute Gasteiger partial charge is 0.497 e. The van der Waals surface area contributed by atoms with Crippen LogP contribution in [0, 0.1) is 5.92 Å². The predicted octanol–water partition coefficient (Wildman–Crippen LogP) is 5.17. The Morgan fingerprint density at radius 3 is 2.21 bits per heavy atom. The van der Waals surface area contributed by atoms with Crippen molar-refractivity contribution in [1.29, 1.82) is 0 Å². The number of anilines is 2. The van der Waals surface area contributed by atoms with E-state index in [1.165, 1.54) is 0 Å². The number of piperazine rings is 1. The number of amides is 2. The molecule has 5 rings (SSSR count). The van der Waals surface area contributed by atoms with E-state index in [1.54, 1.807) is 19.1 Å². The van der Waals surface area contributed by atoms with Crippen molar-refractivity contribution in [3.05, 3.63) is 83.4 Å². The van der Waals surface area contributed by atoms with E-state index in [9.17, 15) is 9.59 Å². The normalized spacial score (nSPS) is 19.5. The molecule has 2 saturated heterocycles. The molecule has 2 fully saturated rings. The maximum Gasteiger partial charge on any atom is 0.227 e. The Bertz CT molecular complexity index is 1340. The van der Waals surface area contributed by atoms with E-state index in [0.717, 1.165) is 66.9 Å². The lowest BCUT2D eigenvalue weighted by Gasteiger charge is -2.41. The number of ether oxygens (including phenoxy) is 2. The third-order valence-corrected chi connectivity index (χ3v) is 8.47. The first kappa shape index (κ1) is 29.7. The van der Waals surface area contributed by atoms with Crippen LogP contribution in [0.2, 0.25) is 5.02 Å². The second-order valence-electron chi connectivity index (χ2n) is 10.8. The number of halogens is 1. The van der Waals surface area contributed by atoms with Gasteiger partial charge in [0.2, 0.25) is 11.8 Å². The van der Waals surface area contributed by atoms with Crippen LogP contribution < -0.4 is 24.6 Å². The number of nitrogens with zero attached hydrogens (tertiary/aromatic N) is 3. The zero-order valence-electron chi connectivity index (χ0n) is 24.3. The number of rotatable bonds is 10. The fourth-order valence-electron chi connectivity index (χ4n) is 5.94. The topological polar surface area (TPSA) is 74.4 Å². The van der Waals surface area contributed by atoms with Crippen molar-refractivity contribution in [3.8, 4) is 11.5 Å². The van der Waals surface area contributed by atoms with Crippen molar-refractivity contribution in [2.45, 2.75) is 25.3 Å². The maximum atomic E-state index is 13.6. The van der Waals surface area contributed by atoms with Gasteiger partial charge in [-0.05, 0) is 79.5 Å². The molecule has 0 aromatic heterocycles. The van der Waals surface area contributed by atoms with Crippen LogP contribution in [0.1, 0.15) is 30.9 Å². The molecule has 0 unspecified atom stereocenters. The van der Waals surface area contributed by atoms with Crippen LogP contribution in [0.5, 0.6) is 11.5 Å². The van der Waals surface area contributed by atoms with Gasteiger partial charge < -0.3 is 24.6 Å². The monoisotopic (exact) mass is 590 g/mol. The molecule has 2 atom stereocenters. The van der Waals surface area contributed by atoms with Crippen LogP contribution in [0.4, 0.5) is 11.4 Å². The summed E-state index contributed by atoms with van der Waals surface area (Å²) in [6.45, 7) is 5.37. The van der Waals surface area contributed by atoms with Gasteiger partial charge in [-0.25, -0.2) is 0 Å². The molecule has 3 aromatic rings. The van der Waals surface area contributed by atoms with E-state index in [4.69, 9.17) is 21.1 Å². The SMILES string of the molecule is COc1ccc([C@H]2[C@H](C(=O)NCCCN3CCN(c4cccc(Cl)c4)CC3)CCC(=O)N2c2ccc(OC)cc2)cc1. The summed E-state index contributed by atoms with van der Waals surface area (Å²) in [5, 5.41) is 3.95.